The highest BCUT2D eigenvalue weighted by atomic mass is 32.3. The van der Waals surface area contributed by atoms with Gasteiger partial charge in [0, 0.05) is 6.04 Å². The molecule has 1 atom stereocenters. The summed E-state index contributed by atoms with van der Waals surface area (Å²) in [6, 6.07) is -0.773. The van der Waals surface area contributed by atoms with Gasteiger partial charge in [0.05, 0.1) is 0 Å². The lowest BCUT2D eigenvalue weighted by atomic mass is 10.3. The van der Waals surface area contributed by atoms with E-state index in [0.29, 0.717) is 6.42 Å². The second-order valence-corrected chi connectivity index (χ2v) is 5.65. The van der Waals surface area contributed by atoms with E-state index in [0.717, 1.165) is 0 Å². The quantitative estimate of drug-likeness (QED) is 0.565. The van der Waals surface area contributed by atoms with Crippen LogP contribution in [0.5, 0.6) is 0 Å². The second kappa shape index (κ2) is 4.02. The van der Waals surface area contributed by atoms with Crippen LogP contribution in [-0.2, 0) is 19.7 Å². The van der Waals surface area contributed by atoms with E-state index < -0.39 is 25.8 Å². The molecule has 0 aliphatic heterocycles. The van der Waals surface area contributed by atoms with E-state index >= 15 is 0 Å². The van der Waals surface area contributed by atoms with E-state index in [2.05, 4.69) is 14.2 Å². The van der Waals surface area contributed by atoms with Gasteiger partial charge in [-0.1, -0.05) is 6.92 Å². The lowest BCUT2D eigenvalue weighted by Gasteiger charge is -2.24. The predicted octanol–water partition coefficient (Wildman–Crippen LogP) is -1.09. The van der Waals surface area contributed by atoms with Crippen molar-refractivity contribution in [3.63, 3.8) is 0 Å². The summed E-state index contributed by atoms with van der Waals surface area (Å²) in [6.07, 6.45) is 0.298. The highest BCUT2D eigenvalue weighted by molar-refractivity contribution is 8.23. The summed E-state index contributed by atoms with van der Waals surface area (Å²) in [6.45, 7) is 3.02. The fourth-order valence-electron chi connectivity index (χ4n) is 0.796. The largest absolute Gasteiger partial charge is 0.279 e. The maximum absolute atomic E-state index is 10.8. The smallest absolute Gasteiger partial charge is 0.226 e. The van der Waals surface area contributed by atoms with Crippen LogP contribution in [0.2, 0.25) is 0 Å². The molecule has 9 heteroatoms. The van der Waals surface area contributed by atoms with Crippen LogP contribution in [0.3, 0.4) is 0 Å². The van der Waals surface area contributed by atoms with Crippen LogP contribution in [0, 0.1) is 0 Å². The van der Waals surface area contributed by atoms with Gasteiger partial charge in [-0.25, -0.2) is 16.8 Å². The molecule has 5 nitrogen and oxygen atoms in total. The number of hydrogen-bond donors (Lipinski definition) is 0. The van der Waals surface area contributed by atoms with E-state index in [1.165, 1.54) is 6.92 Å². The van der Waals surface area contributed by atoms with E-state index in [1.54, 1.807) is 6.92 Å². The first-order valence-corrected chi connectivity index (χ1v) is 6.46. The Morgan fingerprint density at radius 3 is 1.54 bits per heavy atom. The van der Waals surface area contributed by atoms with E-state index in [-0.39, 0.29) is 3.71 Å². The second-order valence-electron chi connectivity index (χ2n) is 2.57. The number of hydrogen-bond acceptors (Lipinski definition) is 4. The molecule has 0 spiro atoms. The van der Waals surface area contributed by atoms with Crippen molar-refractivity contribution in [3.8, 4) is 0 Å². The molecule has 0 heterocycles. The molecule has 1 unspecified atom stereocenters. The lowest BCUT2D eigenvalue weighted by molar-refractivity contribution is 0.447. The Labute approximate surface area is 81.2 Å². The average Bonchev–Trinajstić information content (AvgIpc) is 1.80. The zero-order valence-corrected chi connectivity index (χ0v) is 8.97. The van der Waals surface area contributed by atoms with Gasteiger partial charge in [-0.05, 0) is 13.3 Å². The third kappa shape index (κ3) is 3.70. The van der Waals surface area contributed by atoms with Gasteiger partial charge in [0.25, 0.3) is 14.2 Å². The Balaban J connectivity index is 5.27. The van der Waals surface area contributed by atoms with Crippen LogP contribution in [0.1, 0.15) is 20.3 Å². The summed E-state index contributed by atoms with van der Waals surface area (Å²) >= 11 is 0. The van der Waals surface area contributed by atoms with Crippen LogP contribution in [0.4, 0.5) is 0 Å². The molecular weight excluding hydrogens is 212 g/mol. The molecule has 0 bridgehead atoms. The van der Waals surface area contributed by atoms with Crippen LogP contribution in [0.25, 0.3) is 0 Å². The first-order valence-electron chi connectivity index (χ1n) is 3.45. The Morgan fingerprint density at radius 1 is 1.15 bits per heavy atom. The van der Waals surface area contributed by atoms with E-state index in [1.807, 2.05) is 0 Å². The normalized spacial score (nSPS) is 15.9. The Bertz CT molecular complexity index is 330. The summed E-state index contributed by atoms with van der Waals surface area (Å²) in [5.41, 5.74) is 0. The van der Waals surface area contributed by atoms with Crippen molar-refractivity contribution in [1.82, 2.24) is 3.71 Å². The molecule has 72 valence electrons. The molecule has 0 aliphatic rings. The molecule has 0 aliphatic carbocycles. The molecule has 0 N–H and O–H groups in total. The van der Waals surface area contributed by atoms with Crippen molar-refractivity contribution in [2.24, 2.45) is 0 Å². The zero-order chi connectivity index (χ0) is 10.9. The standard InChI is InChI=1S/C4H9B2NO4S2/c1-3-4(2)7(12(5,8)9)13(6,10)11/h4H,3H2,1-2H3. The number of rotatable bonds is 4. The minimum atomic E-state index is -4.31. The molecule has 0 aromatic rings. The third-order valence-corrected chi connectivity index (χ3v) is 4.42. The molecule has 0 aromatic heterocycles. The third-order valence-electron chi connectivity index (χ3n) is 1.45. The highest BCUT2D eigenvalue weighted by Gasteiger charge is 2.29. The minimum absolute atomic E-state index is 0.0972. The fraction of sp³-hybridized carbons (Fsp3) is 1.00. The summed E-state index contributed by atoms with van der Waals surface area (Å²) in [5, 5.41) is 0. The van der Waals surface area contributed by atoms with Crippen molar-refractivity contribution in [2.45, 2.75) is 26.3 Å². The average molecular weight is 221 g/mol. The van der Waals surface area contributed by atoms with Crippen molar-refractivity contribution >= 4 is 34.0 Å². The van der Waals surface area contributed by atoms with Crippen LogP contribution >= 0.6 is 0 Å². The van der Waals surface area contributed by atoms with Gasteiger partial charge in [-0.15, -0.1) is 3.71 Å². The minimum Gasteiger partial charge on any atom is -0.226 e. The molecule has 4 radical (unpaired) electrons. The van der Waals surface area contributed by atoms with Gasteiger partial charge in [0.2, 0.25) is 0 Å². The van der Waals surface area contributed by atoms with Gasteiger partial charge in [0.15, 0.2) is 19.7 Å². The Hall–Kier alpha value is -0.0101. The van der Waals surface area contributed by atoms with Crippen LogP contribution < -0.4 is 0 Å². The first kappa shape index (κ1) is 13.0. The van der Waals surface area contributed by atoms with Crippen LogP contribution in [0.15, 0.2) is 0 Å². The Kier molecular flexibility index (Phi) is 4.01. The molecule has 13 heavy (non-hydrogen) atoms. The van der Waals surface area contributed by atoms with Crippen LogP contribution in [-0.4, -0.2) is 40.8 Å². The SMILES string of the molecule is [B]S(=O)(=O)N(C(C)CC)S([B])(=O)=O. The Morgan fingerprint density at radius 2 is 1.46 bits per heavy atom. The van der Waals surface area contributed by atoms with Gasteiger partial charge < -0.3 is 0 Å². The van der Waals surface area contributed by atoms with Crippen molar-refractivity contribution < 1.29 is 16.8 Å². The fourth-order valence-corrected chi connectivity index (χ4v) is 3.26. The van der Waals surface area contributed by atoms with Gasteiger partial charge in [-0.3, -0.25) is 0 Å². The summed E-state index contributed by atoms with van der Waals surface area (Å²) in [7, 11) is 0.735. The zero-order valence-electron chi connectivity index (χ0n) is 7.34. The molecule has 0 rings (SSSR count). The van der Waals surface area contributed by atoms with Gasteiger partial charge in [-0.2, -0.15) is 0 Å². The molecule has 0 aromatic carbocycles. The molecular formula is C4H9B2NO4S2. The van der Waals surface area contributed by atoms with E-state index in [9.17, 15) is 16.8 Å². The summed E-state index contributed by atoms with van der Waals surface area (Å²) < 4.78 is 43.4. The highest BCUT2D eigenvalue weighted by Crippen LogP contribution is 2.12. The molecule has 0 saturated heterocycles. The maximum atomic E-state index is 10.8. The molecule has 0 fully saturated rings. The summed E-state index contributed by atoms with van der Waals surface area (Å²) in [4.78, 5) is 0. The predicted molar refractivity (Wildman–Crippen MR) is 50.9 cm³/mol. The van der Waals surface area contributed by atoms with Gasteiger partial charge in [0.1, 0.15) is 0 Å². The van der Waals surface area contributed by atoms with Gasteiger partial charge >= 0.3 is 0 Å². The molecule has 0 amide bonds. The first-order chi connectivity index (χ1) is 5.60. The monoisotopic (exact) mass is 221 g/mol. The van der Waals surface area contributed by atoms with Crippen molar-refractivity contribution in [1.29, 1.82) is 0 Å². The van der Waals surface area contributed by atoms with Crippen molar-refractivity contribution in [3.05, 3.63) is 0 Å². The lowest BCUT2D eigenvalue weighted by Crippen LogP contribution is -2.42. The van der Waals surface area contributed by atoms with E-state index in [4.69, 9.17) is 0 Å². The topological polar surface area (TPSA) is 71.5 Å². The maximum Gasteiger partial charge on any atom is 0.279 e. The van der Waals surface area contributed by atoms with Crippen molar-refractivity contribution in [2.75, 3.05) is 0 Å². The number of nitrogens with zero attached hydrogens (tertiary/aromatic N) is 1. The molecule has 0 saturated carbocycles. The summed E-state index contributed by atoms with van der Waals surface area (Å²) in [5.74, 6) is 0.